The lowest BCUT2D eigenvalue weighted by atomic mass is 10.1. The van der Waals surface area contributed by atoms with E-state index in [1.807, 2.05) is 25.1 Å². The summed E-state index contributed by atoms with van der Waals surface area (Å²) in [5.41, 5.74) is 2.68. The monoisotopic (exact) mass is 343 g/mol. The van der Waals surface area contributed by atoms with E-state index in [-0.39, 0.29) is 12.1 Å². The number of hydrogen-bond acceptors (Lipinski definition) is 3. The van der Waals surface area contributed by atoms with Crippen LogP contribution >= 0.6 is 0 Å². The zero-order valence-corrected chi connectivity index (χ0v) is 14.2. The summed E-state index contributed by atoms with van der Waals surface area (Å²) < 4.78 is 18.6. The van der Waals surface area contributed by atoms with E-state index in [1.165, 1.54) is 18.3 Å². The van der Waals surface area contributed by atoms with Gasteiger partial charge in [0.2, 0.25) is 5.95 Å². The summed E-state index contributed by atoms with van der Waals surface area (Å²) in [5, 5.41) is 2.78. The molecule has 0 radical (unpaired) electrons. The number of ether oxygens (including phenoxy) is 1. The van der Waals surface area contributed by atoms with Crippen LogP contribution in [0.1, 0.15) is 24.0 Å². The highest BCUT2D eigenvalue weighted by Crippen LogP contribution is 2.17. The van der Waals surface area contributed by atoms with Crippen molar-refractivity contribution in [2.75, 3.05) is 18.5 Å². The topological polar surface area (TPSA) is 54.5 Å². The lowest BCUT2D eigenvalue weighted by molar-refractivity contribution is 0.0819. The van der Waals surface area contributed by atoms with Gasteiger partial charge in [-0.15, -0.1) is 0 Å². The Hall–Kier alpha value is -2.47. The van der Waals surface area contributed by atoms with Crippen LogP contribution in [0.15, 0.2) is 42.6 Å². The lowest BCUT2D eigenvalue weighted by Gasteiger charge is -2.26. The number of amides is 2. The number of carbonyl (C=O) groups excluding carboxylic acids is 1. The minimum absolute atomic E-state index is 0.0573. The molecule has 1 fully saturated rings. The van der Waals surface area contributed by atoms with Gasteiger partial charge in [-0.2, -0.15) is 4.39 Å². The van der Waals surface area contributed by atoms with Crippen LogP contribution in [0.5, 0.6) is 0 Å². The van der Waals surface area contributed by atoms with Crippen molar-refractivity contribution in [3.63, 3.8) is 0 Å². The van der Waals surface area contributed by atoms with E-state index >= 15 is 0 Å². The highest BCUT2D eigenvalue weighted by molar-refractivity contribution is 5.89. The van der Waals surface area contributed by atoms with E-state index in [0.29, 0.717) is 18.8 Å². The Morgan fingerprint density at radius 1 is 1.40 bits per heavy atom. The van der Waals surface area contributed by atoms with Crippen molar-refractivity contribution in [2.45, 2.75) is 32.4 Å². The van der Waals surface area contributed by atoms with Gasteiger partial charge in [0, 0.05) is 19.7 Å². The molecule has 0 spiro atoms. The smallest absolute Gasteiger partial charge is 0.322 e. The second-order valence-electron chi connectivity index (χ2n) is 6.30. The molecule has 132 valence electrons. The molecule has 1 atom stereocenters. The number of aryl methyl sites for hydroxylation is 1. The third kappa shape index (κ3) is 5.00. The number of aromatic nitrogens is 1. The Kier molecular flexibility index (Phi) is 5.60. The first kappa shape index (κ1) is 17.4. The molecule has 0 aliphatic carbocycles. The number of urea groups is 1. The van der Waals surface area contributed by atoms with E-state index < -0.39 is 5.95 Å². The van der Waals surface area contributed by atoms with Crippen LogP contribution in [-0.2, 0) is 11.3 Å². The fourth-order valence-corrected chi connectivity index (χ4v) is 2.94. The second kappa shape index (κ2) is 8.07. The molecule has 1 aromatic carbocycles. The molecule has 1 unspecified atom stereocenters. The van der Waals surface area contributed by atoms with Gasteiger partial charge in [-0.1, -0.05) is 29.8 Å². The highest BCUT2D eigenvalue weighted by atomic mass is 19.1. The molecular weight excluding hydrogens is 321 g/mol. The van der Waals surface area contributed by atoms with Crippen LogP contribution < -0.4 is 5.32 Å². The zero-order chi connectivity index (χ0) is 17.6. The summed E-state index contributed by atoms with van der Waals surface area (Å²) in [5.74, 6) is -0.575. The number of halogens is 1. The van der Waals surface area contributed by atoms with Crippen molar-refractivity contribution in [1.29, 1.82) is 0 Å². The first-order chi connectivity index (χ1) is 12.1. The molecule has 6 heteroatoms. The van der Waals surface area contributed by atoms with Gasteiger partial charge in [-0.25, -0.2) is 9.78 Å². The summed E-state index contributed by atoms with van der Waals surface area (Å²) in [6, 6.07) is 10.6. The Bertz CT molecular complexity index is 715. The highest BCUT2D eigenvalue weighted by Gasteiger charge is 2.23. The summed E-state index contributed by atoms with van der Waals surface area (Å²) >= 11 is 0. The summed E-state index contributed by atoms with van der Waals surface area (Å²) in [6.07, 6.45) is 3.34. The average Bonchev–Trinajstić information content (AvgIpc) is 3.09. The molecule has 2 aromatic rings. The van der Waals surface area contributed by atoms with Gasteiger partial charge < -0.3 is 15.0 Å². The minimum Gasteiger partial charge on any atom is -0.376 e. The lowest BCUT2D eigenvalue weighted by Crippen LogP contribution is -2.39. The quantitative estimate of drug-likeness (QED) is 0.842. The third-order valence-electron chi connectivity index (χ3n) is 4.17. The van der Waals surface area contributed by atoms with E-state index in [0.717, 1.165) is 30.6 Å². The molecule has 5 nitrogen and oxygen atoms in total. The molecule has 2 heterocycles. The van der Waals surface area contributed by atoms with Gasteiger partial charge in [0.15, 0.2) is 0 Å². The maximum absolute atomic E-state index is 12.9. The van der Waals surface area contributed by atoms with E-state index in [2.05, 4.69) is 16.4 Å². The van der Waals surface area contributed by atoms with Crippen molar-refractivity contribution in [3.05, 3.63) is 59.7 Å². The number of rotatable bonds is 5. The minimum atomic E-state index is -0.575. The van der Waals surface area contributed by atoms with Gasteiger partial charge >= 0.3 is 6.03 Å². The second-order valence-corrected chi connectivity index (χ2v) is 6.30. The number of hydrogen-bond donors (Lipinski definition) is 1. The first-order valence-corrected chi connectivity index (χ1v) is 8.45. The number of benzene rings is 1. The van der Waals surface area contributed by atoms with Crippen molar-refractivity contribution in [2.24, 2.45) is 0 Å². The van der Waals surface area contributed by atoms with Crippen LogP contribution in [0.2, 0.25) is 0 Å². The maximum atomic E-state index is 12.9. The molecule has 0 bridgehead atoms. The average molecular weight is 343 g/mol. The molecule has 3 rings (SSSR count). The molecule has 0 saturated carbocycles. The Morgan fingerprint density at radius 2 is 2.28 bits per heavy atom. The fourth-order valence-electron chi connectivity index (χ4n) is 2.94. The molecule has 1 N–H and O–H groups in total. The Labute approximate surface area is 146 Å². The third-order valence-corrected chi connectivity index (χ3v) is 4.17. The van der Waals surface area contributed by atoms with Crippen molar-refractivity contribution < 1.29 is 13.9 Å². The SMILES string of the molecule is Cc1cccc(CN(CC2CCCO2)C(=O)Nc2ccc(F)nc2)c1. The van der Waals surface area contributed by atoms with Crippen LogP contribution in [0, 0.1) is 12.9 Å². The molecule has 1 aliphatic rings. The van der Waals surface area contributed by atoms with Crippen LogP contribution in [0.25, 0.3) is 0 Å². The van der Waals surface area contributed by atoms with Gasteiger partial charge in [0.05, 0.1) is 18.0 Å². The van der Waals surface area contributed by atoms with Crippen molar-refractivity contribution in [3.8, 4) is 0 Å². The van der Waals surface area contributed by atoms with E-state index in [9.17, 15) is 9.18 Å². The number of anilines is 1. The first-order valence-electron chi connectivity index (χ1n) is 8.45. The van der Waals surface area contributed by atoms with E-state index in [4.69, 9.17) is 4.74 Å². The molecule has 2 amide bonds. The normalized spacial score (nSPS) is 16.6. The van der Waals surface area contributed by atoms with Crippen molar-refractivity contribution in [1.82, 2.24) is 9.88 Å². The number of nitrogens with zero attached hydrogens (tertiary/aromatic N) is 2. The van der Waals surface area contributed by atoms with Gasteiger partial charge in [0.25, 0.3) is 0 Å². The van der Waals surface area contributed by atoms with Crippen LogP contribution in [0.3, 0.4) is 0 Å². The summed E-state index contributed by atoms with van der Waals surface area (Å²) in [6.45, 7) is 3.78. The largest absolute Gasteiger partial charge is 0.376 e. The van der Waals surface area contributed by atoms with E-state index in [1.54, 1.807) is 4.90 Å². The van der Waals surface area contributed by atoms with Crippen LogP contribution in [-0.4, -0.2) is 35.2 Å². The number of pyridine rings is 1. The molecule has 25 heavy (non-hydrogen) atoms. The maximum Gasteiger partial charge on any atom is 0.322 e. The fraction of sp³-hybridized carbons (Fsp3) is 0.368. The van der Waals surface area contributed by atoms with Crippen molar-refractivity contribution >= 4 is 11.7 Å². The zero-order valence-electron chi connectivity index (χ0n) is 14.2. The van der Waals surface area contributed by atoms with Crippen LogP contribution in [0.4, 0.5) is 14.9 Å². The predicted octanol–water partition coefficient (Wildman–Crippen LogP) is 3.74. The molecule has 1 aromatic heterocycles. The number of carbonyl (C=O) groups is 1. The predicted molar refractivity (Wildman–Crippen MR) is 93.8 cm³/mol. The van der Waals surface area contributed by atoms with Gasteiger partial charge in [-0.3, -0.25) is 0 Å². The summed E-state index contributed by atoms with van der Waals surface area (Å²) in [7, 11) is 0. The summed E-state index contributed by atoms with van der Waals surface area (Å²) in [4.78, 5) is 18.0. The molecule has 1 saturated heterocycles. The number of nitrogens with one attached hydrogen (secondary N) is 1. The Balaban J connectivity index is 1.71. The Morgan fingerprint density at radius 3 is 2.96 bits per heavy atom. The molecule has 1 aliphatic heterocycles. The standard InChI is InChI=1S/C19H22FN3O2/c1-14-4-2-5-15(10-14)12-23(13-17-6-3-9-25-17)19(24)22-16-7-8-18(20)21-11-16/h2,4-5,7-8,10-11,17H,3,6,9,12-13H2,1H3,(H,22,24). The van der Waals surface area contributed by atoms with Gasteiger partial charge in [0.1, 0.15) is 0 Å². The van der Waals surface area contributed by atoms with Gasteiger partial charge in [-0.05, 0) is 37.5 Å². The molecular formula is C19H22FN3O2.